The van der Waals surface area contributed by atoms with E-state index in [0.717, 1.165) is 29.1 Å². The second kappa shape index (κ2) is 3.39. The van der Waals surface area contributed by atoms with Gasteiger partial charge in [-0.25, -0.2) is 4.98 Å². The van der Waals surface area contributed by atoms with Gasteiger partial charge in [-0.2, -0.15) is 5.26 Å². The molecule has 0 radical (unpaired) electrons. The van der Waals surface area contributed by atoms with E-state index < -0.39 is 0 Å². The number of pyridine rings is 1. The first kappa shape index (κ1) is 9.49. The van der Waals surface area contributed by atoms with Crippen LogP contribution in [0.5, 0.6) is 0 Å². The van der Waals surface area contributed by atoms with Crippen molar-refractivity contribution in [1.82, 2.24) is 9.97 Å². The first-order valence-electron chi connectivity index (χ1n) is 5.12. The van der Waals surface area contributed by atoms with Crippen molar-refractivity contribution in [3.8, 4) is 16.6 Å². The molecule has 0 N–H and O–H groups in total. The van der Waals surface area contributed by atoms with Crippen molar-refractivity contribution in [1.29, 1.82) is 5.26 Å². The fourth-order valence-electron chi connectivity index (χ4n) is 1.67. The quantitative estimate of drug-likeness (QED) is 0.792. The van der Waals surface area contributed by atoms with Gasteiger partial charge >= 0.3 is 0 Å². The Balaban J connectivity index is 1.98. The predicted octanol–water partition coefficient (Wildman–Crippen LogP) is 2.76. The molecule has 2 aromatic heterocycles. The molecule has 3 rings (SSSR count). The Hall–Kier alpha value is -1.73. The third kappa shape index (κ3) is 1.41. The van der Waals surface area contributed by atoms with Gasteiger partial charge in [0.1, 0.15) is 10.4 Å². The van der Waals surface area contributed by atoms with Crippen LogP contribution in [0, 0.1) is 11.3 Å². The van der Waals surface area contributed by atoms with Crippen LogP contribution < -0.4 is 0 Å². The topological polar surface area (TPSA) is 49.6 Å². The average molecular weight is 227 g/mol. The zero-order chi connectivity index (χ0) is 11.0. The van der Waals surface area contributed by atoms with E-state index in [1.54, 1.807) is 23.7 Å². The van der Waals surface area contributed by atoms with Crippen LogP contribution in [-0.4, -0.2) is 9.97 Å². The van der Waals surface area contributed by atoms with E-state index >= 15 is 0 Å². The lowest BCUT2D eigenvalue weighted by Gasteiger charge is -1.98. The van der Waals surface area contributed by atoms with E-state index in [1.807, 2.05) is 17.5 Å². The molecule has 0 aliphatic heterocycles. The van der Waals surface area contributed by atoms with Crippen LogP contribution in [0.2, 0.25) is 0 Å². The maximum Gasteiger partial charge on any atom is 0.125 e. The van der Waals surface area contributed by atoms with Crippen LogP contribution >= 0.6 is 11.3 Å². The number of nitrogens with zero attached hydrogens (tertiary/aromatic N) is 3. The number of rotatable bonds is 2. The van der Waals surface area contributed by atoms with Crippen LogP contribution in [0.4, 0.5) is 0 Å². The second-order valence-electron chi connectivity index (χ2n) is 3.97. The minimum atomic E-state index is -0.281. The predicted molar refractivity (Wildman–Crippen MR) is 61.9 cm³/mol. The minimum absolute atomic E-state index is 0.281. The summed E-state index contributed by atoms with van der Waals surface area (Å²) in [6, 6.07) is 6.25. The summed E-state index contributed by atoms with van der Waals surface area (Å²) in [6.45, 7) is 0. The van der Waals surface area contributed by atoms with Gasteiger partial charge in [-0.3, -0.25) is 4.98 Å². The number of hydrogen-bond donors (Lipinski definition) is 0. The Morgan fingerprint density at radius 3 is 2.94 bits per heavy atom. The highest BCUT2D eigenvalue weighted by Crippen LogP contribution is 2.48. The number of hydrogen-bond acceptors (Lipinski definition) is 4. The van der Waals surface area contributed by atoms with Gasteiger partial charge < -0.3 is 0 Å². The average Bonchev–Trinajstić information content (AvgIpc) is 3.00. The Morgan fingerprint density at radius 1 is 1.44 bits per heavy atom. The summed E-state index contributed by atoms with van der Waals surface area (Å²) in [5.41, 5.74) is 1.67. The van der Waals surface area contributed by atoms with Crippen molar-refractivity contribution in [3.05, 3.63) is 35.6 Å². The fourth-order valence-corrected chi connectivity index (χ4v) is 2.58. The van der Waals surface area contributed by atoms with Crippen LogP contribution in [-0.2, 0) is 5.41 Å². The van der Waals surface area contributed by atoms with Crippen molar-refractivity contribution in [2.75, 3.05) is 0 Å². The Bertz CT molecular complexity index is 549. The second-order valence-corrected chi connectivity index (χ2v) is 4.83. The Morgan fingerprint density at radius 2 is 2.31 bits per heavy atom. The van der Waals surface area contributed by atoms with E-state index in [0.29, 0.717) is 0 Å². The first-order chi connectivity index (χ1) is 7.84. The van der Waals surface area contributed by atoms with Crippen LogP contribution in [0.15, 0.2) is 29.9 Å². The van der Waals surface area contributed by atoms with Gasteiger partial charge in [0.15, 0.2) is 0 Å². The summed E-state index contributed by atoms with van der Waals surface area (Å²) in [5.74, 6) is 0. The van der Waals surface area contributed by atoms with E-state index in [2.05, 4.69) is 16.0 Å². The molecule has 0 atom stereocenters. The standard InChI is InChI=1S/C12H9N3S/c13-8-12(3-4-12)10-7-16-11(15-10)9-2-1-5-14-6-9/h1-2,5-7H,3-4H2. The lowest BCUT2D eigenvalue weighted by Crippen LogP contribution is -2.02. The van der Waals surface area contributed by atoms with Crippen molar-refractivity contribution in [3.63, 3.8) is 0 Å². The molecule has 16 heavy (non-hydrogen) atoms. The van der Waals surface area contributed by atoms with Crippen LogP contribution in [0.25, 0.3) is 10.6 Å². The Labute approximate surface area is 97.4 Å². The molecule has 1 saturated carbocycles. The third-order valence-corrected chi connectivity index (χ3v) is 3.76. The number of thiazole rings is 1. The van der Waals surface area contributed by atoms with Crippen LogP contribution in [0.1, 0.15) is 18.5 Å². The summed E-state index contributed by atoms with van der Waals surface area (Å²) in [6.07, 6.45) is 5.43. The molecular weight excluding hydrogens is 218 g/mol. The number of nitriles is 1. The van der Waals surface area contributed by atoms with E-state index in [9.17, 15) is 0 Å². The van der Waals surface area contributed by atoms with Gasteiger partial charge in [-0.15, -0.1) is 11.3 Å². The molecule has 1 fully saturated rings. The van der Waals surface area contributed by atoms with Gasteiger partial charge in [-0.05, 0) is 25.0 Å². The van der Waals surface area contributed by atoms with E-state index in [4.69, 9.17) is 5.26 Å². The molecule has 0 saturated heterocycles. The molecule has 1 aliphatic rings. The summed E-state index contributed by atoms with van der Waals surface area (Å²) < 4.78 is 0. The molecule has 0 bridgehead atoms. The van der Waals surface area contributed by atoms with Gasteiger partial charge in [0.2, 0.25) is 0 Å². The number of aromatic nitrogens is 2. The maximum atomic E-state index is 9.09. The summed E-state index contributed by atoms with van der Waals surface area (Å²) in [7, 11) is 0. The monoisotopic (exact) mass is 227 g/mol. The molecule has 1 aliphatic carbocycles. The van der Waals surface area contributed by atoms with E-state index in [1.165, 1.54) is 0 Å². The molecule has 0 unspecified atom stereocenters. The van der Waals surface area contributed by atoms with Gasteiger partial charge in [-0.1, -0.05) is 0 Å². The highest BCUT2D eigenvalue weighted by Gasteiger charge is 2.46. The minimum Gasteiger partial charge on any atom is -0.264 e. The van der Waals surface area contributed by atoms with Gasteiger partial charge in [0, 0.05) is 23.3 Å². The molecule has 0 amide bonds. The normalized spacial score (nSPS) is 16.7. The zero-order valence-electron chi connectivity index (χ0n) is 8.55. The molecule has 2 aromatic rings. The maximum absolute atomic E-state index is 9.09. The SMILES string of the molecule is N#CC1(c2csc(-c3cccnc3)n2)CC1. The molecular formula is C12H9N3S. The van der Waals surface area contributed by atoms with Crippen molar-refractivity contribution in [2.45, 2.75) is 18.3 Å². The molecule has 3 nitrogen and oxygen atoms in total. The summed E-state index contributed by atoms with van der Waals surface area (Å²) in [4.78, 5) is 8.61. The van der Waals surface area contributed by atoms with Gasteiger partial charge in [0.25, 0.3) is 0 Å². The highest BCUT2D eigenvalue weighted by molar-refractivity contribution is 7.13. The lowest BCUT2D eigenvalue weighted by molar-refractivity contribution is 0.868. The molecule has 2 heterocycles. The molecule has 4 heteroatoms. The smallest absolute Gasteiger partial charge is 0.125 e. The molecule has 0 spiro atoms. The zero-order valence-corrected chi connectivity index (χ0v) is 9.37. The van der Waals surface area contributed by atoms with Crippen LogP contribution in [0.3, 0.4) is 0 Å². The molecule has 0 aromatic carbocycles. The van der Waals surface area contributed by atoms with Gasteiger partial charge in [0.05, 0.1) is 11.8 Å². The lowest BCUT2D eigenvalue weighted by atomic mass is 10.1. The molecule has 78 valence electrons. The highest BCUT2D eigenvalue weighted by atomic mass is 32.1. The summed E-state index contributed by atoms with van der Waals surface area (Å²) in [5, 5.41) is 12.0. The summed E-state index contributed by atoms with van der Waals surface area (Å²) >= 11 is 1.58. The third-order valence-electron chi connectivity index (χ3n) is 2.87. The van der Waals surface area contributed by atoms with Crippen molar-refractivity contribution >= 4 is 11.3 Å². The van der Waals surface area contributed by atoms with Crippen molar-refractivity contribution < 1.29 is 0 Å². The Kier molecular flexibility index (Phi) is 2.01. The fraction of sp³-hybridized carbons (Fsp3) is 0.250. The first-order valence-corrected chi connectivity index (χ1v) is 6.00. The largest absolute Gasteiger partial charge is 0.264 e. The van der Waals surface area contributed by atoms with Crippen molar-refractivity contribution in [2.24, 2.45) is 0 Å². The van der Waals surface area contributed by atoms with E-state index in [-0.39, 0.29) is 5.41 Å².